The minimum Gasteiger partial charge on any atom is -0.465 e. The second-order valence-corrected chi connectivity index (χ2v) is 9.38. The third-order valence-electron chi connectivity index (χ3n) is 6.93. The van der Waals surface area contributed by atoms with Crippen molar-refractivity contribution >= 4 is 17.7 Å². The van der Waals surface area contributed by atoms with E-state index in [9.17, 15) is 22.8 Å². The average molecular weight is 535 g/mol. The van der Waals surface area contributed by atoms with Crippen LogP contribution in [0.4, 0.5) is 23.7 Å². The molecule has 0 atom stereocenters. The summed E-state index contributed by atoms with van der Waals surface area (Å²) < 4.78 is 49.5. The molecule has 2 aliphatic rings. The summed E-state index contributed by atoms with van der Waals surface area (Å²) in [6, 6.07) is 11.0. The number of halogens is 3. The first kappa shape index (κ1) is 27.9. The Morgan fingerprint density at radius 3 is 2.00 bits per heavy atom. The Morgan fingerprint density at radius 2 is 1.45 bits per heavy atom. The van der Waals surface area contributed by atoms with E-state index in [0.717, 1.165) is 70.2 Å². The number of anilines is 1. The predicted molar refractivity (Wildman–Crippen MR) is 136 cm³/mol. The van der Waals surface area contributed by atoms with Crippen LogP contribution in [0.1, 0.15) is 21.5 Å². The van der Waals surface area contributed by atoms with Gasteiger partial charge in [0, 0.05) is 58.0 Å². The molecule has 0 bridgehead atoms. The standard InChI is InChI=1S/C27H33F3N4O4/c1-37-25(35)22-4-2-21(3-5-22)20-34(24-8-6-23(7-9-24)27(28,29)30)26(36)33-14-12-31(13-15-33)10-11-32-16-18-38-19-17-32/h2-9H,10-20H2,1H3. The molecule has 0 unspecified atom stereocenters. The van der Waals surface area contributed by atoms with E-state index < -0.39 is 17.7 Å². The Hall–Kier alpha value is -3.15. The Kier molecular flexibility index (Phi) is 9.24. The van der Waals surface area contributed by atoms with E-state index in [2.05, 4.69) is 9.80 Å². The molecule has 2 saturated heterocycles. The van der Waals surface area contributed by atoms with Crippen LogP contribution in [-0.2, 0) is 22.2 Å². The average Bonchev–Trinajstić information content (AvgIpc) is 2.95. The topological polar surface area (TPSA) is 65.6 Å². The van der Waals surface area contributed by atoms with Crippen LogP contribution in [0.5, 0.6) is 0 Å². The maximum atomic E-state index is 13.6. The van der Waals surface area contributed by atoms with Gasteiger partial charge in [-0.15, -0.1) is 0 Å². The highest BCUT2D eigenvalue weighted by molar-refractivity contribution is 5.92. The molecule has 2 heterocycles. The quantitative estimate of drug-likeness (QED) is 0.507. The lowest BCUT2D eigenvalue weighted by molar-refractivity contribution is -0.137. The number of methoxy groups -OCH3 is 1. The zero-order valence-corrected chi connectivity index (χ0v) is 21.5. The second kappa shape index (κ2) is 12.6. The number of rotatable bonds is 7. The first-order chi connectivity index (χ1) is 18.2. The smallest absolute Gasteiger partial charge is 0.416 e. The van der Waals surface area contributed by atoms with Gasteiger partial charge >= 0.3 is 18.2 Å². The lowest BCUT2D eigenvalue weighted by atomic mass is 10.1. The molecule has 4 rings (SSSR count). The highest BCUT2D eigenvalue weighted by Crippen LogP contribution is 2.31. The molecule has 2 amide bonds. The van der Waals surface area contributed by atoms with E-state index in [0.29, 0.717) is 24.3 Å². The normalized spacial score (nSPS) is 17.3. The number of hydrogen-bond donors (Lipinski definition) is 0. The van der Waals surface area contributed by atoms with Gasteiger partial charge in [-0.1, -0.05) is 12.1 Å². The minimum atomic E-state index is -4.46. The number of ether oxygens (including phenoxy) is 2. The summed E-state index contributed by atoms with van der Waals surface area (Å²) in [5, 5.41) is 0. The molecule has 2 fully saturated rings. The Balaban J connectivity index is 1.44. The first-order valence-electron chi connectivity index (χ1n) is 12.7. The highest BCUT2D eigenvalue weighted by Gasteiger charge is 2.31. The maximum Gasteiger partial charge on any atom is 0.416 e. The van der Waals surface area contributed by atoms with Crippen LogP contribution in [0, 0.1) is 0 Å². The largest absolute Gasteiger partial charge is 0.465 e. The van der Waals surface area contributed by atoms with Crippen LogP contribution in [-0.4, -0.2) is 99.4 Å². The number of benzene rings is 2. The van der Waals surface area contributed by atoms with Gasteiger partial charge in [0.05, 0.1) is 38.0 Å². The van der Waals surface area contributed by atoms with Gasteiger partial charge in [0.25, 0.3) is 0 Å². The number of carbonyl (C=O) groups is 2. The lowest BCUT2D eigenvalue weighted by Gasteiger charge is -2.38. The third-order valence-corrected chi connectivity index (χ3v) is 6.93. The fourth-order valence-corrected chi connectivity index (χ4v) is 4.59. The number of amides is 2. The van der Waals surface area contributed by atoms with Gasteiger partial charge in [-0.25, -0.2) is 9.59 Å². The molecule has 2 aliphatic heterocycles. The van der Waals surface area contributed by atoms with Crippen molar-refractivity contribution in [2.75, 3.05) is 77.6 Å². The number of esters is 1. The summed E-state index contributed by atoms with van der Waals surface area (Å²) in [6.45, 7) is 7.90. The second-order valence-electron chi connectivity index (χ2n) is 9.38. The van der Waals surface area contributed by atoms with Gasteiger partial charge in [0.2, 0.25) is 0 Å². The SMILES string of the molecule is COC(=O)c1ccc(CN(C(=O)N2CCN(CCN3CCOCC3)CC2)c2ccc(C(F)(F)F)cc2)cc1. The zero-order chi connectivity index (χ0) is 27.1. The first-order valence-corrected chi connectivity index (χ1v) is 12.7. The molecule has 0 aliphatic carbocycles. The Bertz CT molecular complexity index is 1070. The number of piperazine rings is 1. The van der Waals surface area contributed by atoms with Gasteiger partial charge in [0.1, 0.15) is 0 Å². The van der Waals surface area contributed by atoms with Crippen molar-refractivity contribution in [1.82, 2.24) is 14.7 Å². The number of morpholine rings is 1. The van der Waals surface area contributed by atoms with E-state index in [1.165, 1.54) is 24.1 Å². The van der Waals surface area contributed by atoms with E-state index in [4.69, 9.17) is 9.47 Å². The molecular formula is C27H33F3N4O4. The van der Waals surface area contributed by atoms with Crippen LogP contribution in [0.15, 0.2) is 48.5 Å². The van der Waals surface area contributed by atoms with E-state index >= 15 is 0 Å². The van der Waals surface area contributed by atoms with Crippen molar-refractivity contribution < 1.29 is 32.2 Å². The molecule has 0 spiro atoms. The summed E-state index contributed by atoms with van der Waals surface area (Å²) >= 11 is 0. The number of hydrogen-bond acceptors (Lipinski definition) is 6. The molecule has 0 radical (unpaired) electrons. The van der Waals surface area contributed by atoms with E-state index in [1.807, 2.05) is 0 Å². The summed E-state index contributed by atoms with van der Waals surface area (Å²) in [7, 11) is 1.30. The van der Waals surface area contributed by atoms with Crippen molar-refractivity contribution in [1.29, 1.82) is 0 Å². The summed E-state index contributed by atoms with van der Waals surface area (Å²) in [4.78, 5) is 33.3. The number of urea groups is 1. The molecule has 0 N–H and O–H groups in total. The van der Waals surface area contributed by atoms with Gasteiger partial charge in [0.15, 0.2) is 0 Å². The molecule has 8 nitrogen and oxygen atoms in total. The fraction of sp³-hybridized carbons (Fsp3) is 0.481. The predicted octanol–water partition coefficient (Wildman–Crippen LogP) is 3.57. The number of nitrogens with zero attached hydrogens (tertiary/aromatic N) is 4. The van der Waals surface area contributed by atoms with Gasteiger partial charge in [-0.05, 0) is 42.0 Å². The summed E-state index contributed by atoms with van der Waals surface area (Å²) in [5.74, 6) is -0.473. The maximum absolute atomic E-state index is 13.6. The fourth-order valence-electron chi connectivity index (χ4n) is 4.59. The minimum absolute atomic E-state index is 0.142. The van der Waals surface area contributed by atoms with E-state index in [1.54, 1.807) is 29.2 Å². The Morgan fingerprint density at radius 1 is 0.868 bits per heavy atom. The van der Waals surface area contributed by atoms with Gasteiger partial charge in [-0.2, -0.15) is 13.2 Å². The van der Waals surface area contributed by atoms with Crippen LogP contribution >= 0.6 is 0 Å². The molecule has 0 saturated carbocycles. The van der Waals surface area contributed by atoms with E-state index in [-0.39, 0.29) is 12.6 Å². The molecular weight excluding hydrogens is 501 g/mol. The lowest BCUT2D eigenvalue weighted by Crippen LogP contribution is -2.54. The summed E-state index contributed by atoms with van der Waals surface area (Å²) in [6.07, 6.45) is -4.46. The molecule has 38 heavy (non-hydrogen) atoms. The number of alkyl halides is 3. The summed E-state index contributed by atoms with van der Waals surface area (Å²) in [5.41, 5.74) is 0.701. The van der Waals surface area contributed by atoms with Crippen LogP contribution in [0.2, 0.25) is 0 Å². The van der Waals surface area contributed by atoms with Gasteiger partial charge in [-0.3, -0.25) is 14.7 Å². The van der Waals surface area contributed by atoms with Gasteiger partial charge < -0.3 is 14.4 Å². The van der Waals surface area contributed by atoms with Crippen molar-refractivity contribution in [3.05, 3.63) is 65.2 Å². The molecule has 206 valence electrons. The monoisotopic (exact) mass is 534 g/mol. The van der Waals surface area contributed by atoms with Crippen molar-refractivity contribution in [2.24, 2.45) is 0 Å². The Labute approximate surface area is 220 Å². The number of carbonyl (C=O) groups excluding carboxylic acids is 2. The van der Waals surface area contributed by atoms with Crippen molar-refractivity contribution in [3.8, 4) is 0 Å². The van der Waals surface area contributed by atoms with Crippen LogP contribution < -0.4 is 4.90 Å². The molecule has 2 aromatic rings. The third kappa shape index (κ3) is 7.24. The highest BCUT2D eigenvalue weighted by atomic mass is 19.4. The zero-order valence-electron chi connectivity index (χ0n) is 21.5. The molecule has 0 aromatic heterocycles. The van der Waals surface area contributed by atoms with Crippen LogP contribution in [0.25, 0.3) is 0 Å². The van der Waals surface area contributed by atoms with Crippen molar-refractivity contribution in [2.45, 2.75) is 12.7 Å². The molecule has 2 aromatic carbocycles. The van der Waals surface area contributed by atoms with Crippen molar-refractivity contribution in [3.63, 3.8) is 0 Å². The molecule has 11 heteroatoms. The van der Waals surface area contributed by atoms with Crippen LogP contribution in [0.3, 0.4) is 0 Å².